The molecule has 5 heteroatoms. The summed E-state index contributed by atoms with van der Waals surface area (Å²) in [5, 5.41) is 8.81. The van der Waals surface area contributed by atoms with Gasteiger partial charge in [-0.3, -0.25) is 5.43 Å². The quantitative estimate of drug-likeness (QED) is 0.180. The van der Waals surface area contributed by atoms with Crippen molar-refractivity contribution in [1.29, 1.82) is 0 Å². The minimum absolute atomic E-state index is 0.0138. The Labute approximate surface area is 66.5 Å². The first-order valence-electron chi connectivity index (χ1n) is 3.52. The maximum atomic E-state index is 8.81. The van der Waals surface area contributed by atoms with Crippen LogP contribution < -0.4 is 17.0 Å². The van der Waals surface area contributed by atoms with Gasteiger partial charge in [-0.2, -0.15) is 0 Å². The Balaban J connectivity index is 4.06. The fourth-order valence-electron chi connectivity index (χ4n) is 0.617. The fourth-order valence-corrected chi connectivity index (χ4v) is 0.617. The lowest BCUT2D eigenvalue weighted by Crippen LogP contribution is -2.39. The normalized spacial score (nSPS) is 15.2. The molecule has 0 aliphatic rings. The average molecular weight is 160 g/mol. The molecular weight excluding hydrogens is 144 g/mol. The van der Waals surface area contributed by atoms with E-state index in [-0.39, 0.29) is 24.5 Å². The zero-order valence-electron chi connectivity index (χ0n) is 6.91. The van der Waals surface area contributed by atoms with Gasteiger partial charge in [0.1, 0.15) is 0 Å². The summed E-state index contributed by atoms with van der Waals surface area (Å²) in [7, 11) is 0. The molecule has 0 aromatic carbocycles. The lowest BCUT2D eigenvalue weighted by atomic mass is 10.1. The van der Waals surface area contributed by atoms with E-state index < -0.39 is 0 Å². The van der Waals surface area contributed by atoms with Crippen molar-refractivity contribution in [2.24, 2.45) is 22.5 Å². The van der Waals surface area contributed by atoms with Crippen LogP contribution in [0.3, 0.4) is 0 Å². The van der Waals surface area contributed by atoms with E-state index >= 15 is 0 Å². The molecule has 0 rings (SSSR count). The molecule has 66 valence electrons. The summed E-state index contributed by atoms with van der Waals surface area (Å²) in [5.41, 5.74) is 7.49. The molecule has 0 bridgehead atoms. The molecular formula is C6H16N4O. The largest absolute Gasteiger partial charge is 0.394 e. The number of nitrogens with one attached hydrogen (secondary N) is 1. The number of aliphatic imine (C=N–C) groups is 1. The number of hydrazine groups is 1. The van der Waals surface area contributed by atoms with E-state index in [0.717, 1.165) is 0 Å². The number of guanidine groups is 1. The molecule has 0 amide bonds. The van der Waals surface area contributed by atoms with Crippen molar-refractivity contribution in [1.82, 2.24) is 5.43 Å². The van der Waals surface area contributed by atoms with Gasteiger partial charge in [0.2, 0.25) is 5.96 Å². The van der Waals surface area contributed by atoms with Gasteiger partial charge in [-0.25, -0.2) is 10.8 Å². The molecule has 0 spiro atoms. The maximum absolute atomic E-state index is 8.81. The lowest BCUT2D eigenvalue weighted by molar-refractivity contribution is 0.239. The molecule has 0 saturated carbocycles. The second-order valence-electron chi connectivity index (χ2n) is 2.65. The first-order valence-corrected chi connectivity index (χ1v) is 3.52. The van der Waals surface area contributed by atoms with Gasteiger partial charge in [0.05, 0.1) is 12.6 Å². The number of aliphatic hydroxyl groups is 1. The molecule has 1 atom stereocenters. The minimum atomic E-state index is -0.175. The van der Waals surface area contributed by atoms with Crippen molar-refractivity contribution in [2.75, 3.05) is 6.61 Å². The summed E-state index contributed by atoms with van der Waals surface area (Å²) >= 11 is 0. The smallest absolute Gasteiger partial charge is 0.203 e. The zero-order chi connectivity index (χ0) is 8.85. The van der Waals surface area contributed by atoms with Crippen molar-refractivity contribution in [3.8, 4) is 0 Å². The fraction of sp³-hybridized carbons (Fsp3) is 0.833. The molecule has 0 fully saturated rings. The van der Waals surface area contributed by atoms with Gasteiger partial charge < -0.3 is 10.8 Å². The Morgan fingerprint density at radius 2 is 2.18 bits per heavy atom. The van der Waals surface area contributed by atoms with Crippen LogP contribution in [0.5, 0.6) is 0 Å². The summed E-state index contributed by atoms with van der Waals surface area (Å²) < 4.78 is 0. The van der Waals surface area contributed by atoms with Gasteiger partial charge in [0.15, 0.2) is 0 Å². The summed E-state index contributed by atoms with van der Waals surface area (Å²) in [4.78, 5) is 3.92. The van der Waals surface area contributed by atoms with Crippen LogP contribution in [0.2, 0.25) is 0 Å². The number of hydrogen-bond acceptors (Lipinski definition) is 3. The standard InChI is InChI=1S/C6H16N4O/c1-4(2)5(3-11)9-6(7)10-8/h4-5,11H,3,8H2,1-2H3,(H3,7,9,10)/t5-/m1/s1. The van der Waals surface area contributed by atoms with Crippen molar-refractivity contribution < 1.29 is 5.11 Å². The SMILES string of the molecule is CC(C)[C@@H](CO)N=C(N)NN. The Morgan fingerprint density at radius 1 is 1.64 bits per heavy atom. The Kier molecular flexibility index (Phi) is 4.56. The molecule has 5 nitrogen and oxygen atoms in total. The first kappa shape index (κ1) is 10.2. The second kappa shape index (κ2) is 4.92. The van der Waals surface area contributed by atoms with Crippen molar-refractivity contribution >= 4 is 5.96 Å². The van der Waals surface area contributed by atoms with Gasteiger partial charge in [-0.15, -0.1) is 0 Å². The van der Waals surface area contributed by atoms with Crippen LogP contribution in [0.1, 0.15) is 13.8 Å². The van der Waals surface area contributed by atoms with Crippen molar-refractivity contribution in [3.05, 3.63) is 0 Å². The monoisotopic (exact) mass is 160 g/mol. The topological polar surface area (TPSA) is 96.7 Å². The van der Waals surface area contributed by atoms with Crippen LogP contribution >= 0.6 is 0 Å². The third kappa shape index (κ3) is 3.79. The summed E-state index contributed by atoms with van der Waals surface area (Å²) in [5.74, 6) is 5.39. The number of rotatable bonds is 3. The molecule has 0 aliphatic heterocycles. The van der Waals surface area contributed by atoms with Crippen LogP contribution in [0.4, 0.5) is 0 Å². The number of hydrogen-bond donors (Lipinski definition) is 4. The van der Waals surface area contributed by atoms with E-state index in [4.69, 9.17) is 16.7 Å². The van der Waals surface area contributed by atoms with E-state index in [1.54, 1.807) is 0 Å². The van der Waals surface area contributed by atoms with E-state index in [1.807, 2.05) is 13.8 Å². The van der Waals surface area contributed by atoms with E-state index in [0.29, 0.717) is 0 Å². The molecule has 0 aromatic heterocycles. The average Bonchev–Trinajstić information content (AvgIpc) is 1.99. The van der Waals surface area contributed by atoms with Crippen molar-refractivity contribution in [3.63, 3.8) is 0 Å². The predicted molar refractivity (Wildman–Crippen MR) is 44.7 cm³/mol. The highest BCUT2D eigenvalue weighted by Gasteiger charge is 2.10. The molecule has 0 radical (unpaired) electrons. The summed E-state index contributed by atoms with van der Waals surface area (Å²) in [6, 6.07) is -0.175. The van der Waals surface area contributed by atoms with E-state index in [9.17, 15) is 0 Å². The highest BCUT2D eigenvalue weighted by Crippen LogP contribution is 2.04. The maximum Gasteiger partial charge on any atom is 0.203 e. The van der Waals surface area contributed by atoms with Crippen LogP contribution in [0.15, 0.2) is 4.99 Å². The van der Waals surface area contributed by atoms with Gasteiger partial charge in [-0.1, -0.05) is 13.8 Å². The lowest BCUT2D eigenvalue weighted by Gasteiger charge is -2.13. The van der Waals surface area contributed by atoms with Gasteiger partial charge in [-0.05, 0) is 5.92 Å². The number of nitrogens with zero attached hydrogens (tertiary/aromatic N) is 1. The highest BCUT2D eigenvalue weighted by molar-refractivity contribution is 5.77. The van der Waals surface area contributed by atoms with Crippen molar-refractivity contribution in [2.45, 2.75) is 19.9 Å². The second-order valence-corrected chi connectivity index (χ2v) is 2.65. The van der Waals surface area contributed by atoms with Crippen LogP contribution in [0, 0.1) is 5.92 Å². The summed E-state index contributed by atoms with van der Waals surface area (Å²) in [6.45, 7) is 3.89. The van der Waals surface area contributed by atoms with Crippen LogP contribution in [-0.2, 0) is 0 Å². The minimum Gasteiger partial charge on any atom is -0.394 e. The number of aliphatic hydroxyl groups excluding tert-OH is 1. The Morgan fingerprint density at radius 3 is 2.45 bits per heavy atom. The molecule has 0 aromatic rings. The third-order valence-electron chi connectivity index (χ3n) is 1.41. The summed E-state index contributed by atoms with van der Waals surface area (Å²) in [6.07, 6.45) is 0. The highest BCUT2D eigenvalue weighted by atomic mass is 16.3. The Hall–Kier alpha value is -0.810. The molecule has 0 aliphatic carbocycles. The van der Waals surface area contributed by atoms with E-state index in [1.165, 1.54) is 0 Å². The molecule has 11 heavy (non-hydrogen) atoms. The van der Waals surface area contributed by atoms with E-state index in [2.05, 4.69) is 10.4 Å². The molecule has 0 saturated heterocycles. The Bertz CT molecular complexity index is 135. The van der Waals surface area contributed by atoms with Gasteiger partial charge in [0, 0.05) is 0 Å². The van der Waals surface area contributed by atoms with Crippen LogP contribution in [-0.4, -0.2) is 23.7 Å². The van der Waals surface area contributed by atoms with Gasteiger partial charge >= 0.3 is 0 Å². The predicted octanol–water partition coefficient (Wildman–Crippen LogP) is -1.22. The number of nitrogens with two attached hydrogens (primary N) is 2. The van der Waals surface area contributed by atoms with Crippen LogP contribution in [0.25, 0.3) is 0 Å². The molecule has 0 unspecified atom stereocenters. The zero-order valence-corrected chi connectivity index (χ0v) is 6.91. The molecule has 0 heterocycles. The molecule has 6 N–H and O–H groups in total. The first-order chi connectivity index (χ1) is 5.11. The van der Waals surface area contributed by atoms with Gasteiger partial charge in [0.25, 0.3) is 0 Å². The third-order valence-corrected chi connectivity index (χ3v) is 1.41.